The summed E-state index contributed by atoms with van der Waals surface area (Å²) >= 11 is 0. The fourth-order valence-electron chi connectivity index (χ4n) is 3.71. The van der Waals surface area contributed by atoms with Crippen LogP contribution in [0.3, 0.4) is 0 Å². The molecule has 1 aliphatic rings. The Morgan fingerprint density at radius 2 is 1.58 bits per heavy atom. The van der Waals surface area contributed by atoms with E-state index in [0.29, 0.717) is 34.9 Å². The van der Waals surface area contributed by atoms with Gasteiger partial charge in [0.15, 0.2) is 11.6 Å². The lowest BCUT2D eigenvalue weighted by Crippen LogP contribution is -2.20. The maximum absolute atomic E-state index is 13.4. The fourth-order valence-corrected chi connectivity index (χ4v) is 4.76. The molecule has 36 heavy (non-hydrogen) atoms. The second-order valence-electron chi connectivity index (χ2n) is 7.89. The van der Waals surface area contributed by atoms with Crippen molar-refractivity contribution in [3.8, 4) is 11.5 Å². The second kappa shape index (κ2) is 9.62. The van der Waals surface area contributed by atoms with Crippen LogP contribution in [-0.2, 0) is 10.0 Å². The Balaban J connectivity index is 1.53. The van der Waals surface area contributed by atoms with E-state index in [4.69, 9.17) is 9.47 Å². The summed E-state index contributed by atoms with van der Waals surface area (Å²) < 4.78 is 40.1. The lowest BCUT2D eigenvalue weighted by Gasteiger charge is -2.17. The first kappa shape index (κ1) is 23.2. The minimum absolute atomic E-state index is 0.0589. The molecule has 1 aliphatic heterocycles. The van der Waals surface area contributed by atoms with Crippen molar-refractivity contribution in [3.05, 3.63) is 79.1 Å². The molecule has 0 spiro atoms. The minimum atomic E-state index is -3.99. The maximum Gasteiger partial charge on any atom is 0.263 e. The summed E-state index contributed by atoms with van der Waals surface area (Å²) in [6, 6.07) is 19.1. The molecule has 2 heterocycles. The van der Waals surface area contributed by atoms with E-state index in [2.05, 4.69) is 25.3 Å². The van der Waals surface area contributed by atoms with Crippen LogP contribution in [-0.4, -0.2) is 39.3 Å². The van der Waals surface area contributed by atoms with Gasteiger partial charge >= 0.3 is 0 Å². The highest BCUT2D eigenvalue weighted by atomic mass is 32.2. The largest absolute Gasteiger partial charge is 0.497 e. The van der Waals surface area contributed by atoms with Gasteiger partial charge in [-0.1, -0.05) is 18.2 Å². The van der Waals surface area contributed by atoms with Gasteiger partial charge in [0.05, 0.1) is 36.8 Å². The molecule has 0 radical (unpaired) electrons. The number of hydrogen-bond acceptors (Lipinski definition) is 9. The van der Waals surface area contributed by atoms with E-state index in [1.165, 1.54) is 6.07 Å². The zero-order chi connectivity index (χ0) is 25.1. The SMILES string of the molecule is COc1cc(Nc2nc3ccccc3nc2NS(=O)(=O)c2cccc(N3C=CNC3)c2)cc(OC)c1. The smallest absolute Gasteiger partial charge is 0.263 e. The topological polar surface area (TPSA) is 118 Å². The van der Waals surface area contributed by atoms with Gasteiger partial charge in [0.2, 0.25) is 0 Å². The second-order valence-corrected chi connectivity index (χ2v) is 9.57. The summed E-state index contributed by atoms with van der Waals surface area (Å²) in [6.07, 6.45) is 3.65. The molecule has 0 saturated heterocycles. The van der Waals surface area contributed by atoms with E-state index in [1.54, 1.807) is 62.9 Å². The number of anilines is 4. The highest BCUT2D eigenvalue weighted by Gasteiger charge is 2.21. The predicted molar refractivity (Wildman–Crippen MR) is 139 cm³/mol. The van der Waals surface area contributed by atoms with E-state index in [1.807, 2.05) is 29.3 Å². The average molecular weight is 505 g/mol. The van der Waals surface area contributed by atoms with Crippen LogP contribution in [0.4, 0.5) is 23.0 Å². The van der Waals surface area contributed by atoms with Crippen LogP contribution in [0.2, 0.25) is 0 Å². The van der Waals surface area contributed by atoms with E-state index < -0.39 is 10.0 Å². The summed E-state index contributed by atoms with van der Waals surface area (Å²) in [7, 11) is -0.884. The van der Waals surface area contributed by atoms with Crippen LogP contribution in [0.25, 0.3) is 11.0 Å². The van der Waals surface area contributed by atoms with Gasteiger partial charge in [0.1, 0.15) is 11.5 Å². The summed E-state index contributed by atoms with van der Waals surface area (Å²) in [5.41, 5.74) is 2.48. The standard InChI is InChI=1S/C25H24N6O4S/c1-34-19-12-17(13-20(15-19)35-2)27-24-25(29-23-9-4-3-8-22(23)28-24)30-36(32,33)21-7-5-6-18(14-21)31-11-10-26-16-31/h3-15,26H,16H2,1-2H3,(H,27,28)(H,29,30). The first-order valence-electron chi connectivity index (χ1n) is 11.0. The Kier molecular flexibility index (Phi) is 6.21. The third kappa shape index (κ3) is 4.82. The normalized spacial score (nSPS) is 12.9. The van der Waals surface area contributed by atoms with E-state index in [9.17, 15) is 8.42 Å². The van der Waals surface area contributed by atoms with Crippen molar-refractivity contribution in [1.29, 1.82) is 0 Å². The minimum Gasteiger partial charge on any atom is -0.497 e. The number of aromatic nitrogens is 2. The molecule has 0 aliphatic carbocycles. The summed E-state index contributed by atoms with van der Waals surface area (Å²) in [6.45, 7) is 0.561. The lowest BCUT2D eigenvalue weighted by atomic mass is 10.2. The molecule has 4 aromatic rings. The highest BCUT2D eigenvalue weighted by Crippen LogP contribution is 2.32. The molecule has 10 nitrogen and oxygen atoms in total. The molecular formula is C25H24N6O4S. The van der Waals surface area contributed by atoms with Crippen molar-refractivity contribution >= 4 is 44.1 Å². The molecule has 3 aromatic carbocycles. The molecule has 0 saturated carbocycles. The lowest BCUT2D eigenvalue weighted by molar-refractivity contribution is 0.395. The summed E-state index contributed by atoms with van der Waals surface area (Å²) in [5.74, 6) is 1.42. The van der Waals surface area contributed by atoms with E-state index in [0.717, 1.165) is 5.69 Å². The van der Waals surface area contributed by atoms with Crippen LogP contribution < -0.4 is 29.7 Å². The molecule has 0 amide bonds. The molecule has 0 fully saturated rings. The number of fused-ring (bicyclic) bond motifs is 1. The molecule has 1 aromatic heterocycles. The van der Waals surface area contributed by atoms with Crippen molar-refractivity contribution in [1.82, 2.24) is 15.3 Å². The van der Waals surface area contributed by atoms with Gasteiger partial charge in [-0.2, -0.15) is 0 Å². The molecule has 0 bridgehead atoms. The van der Waals surface area contributed by atoms with Crippen LogP contribution in [0, 0.1) is 0 Å². The molecule has 3 N–H and O–H groups in total. The number of nitrogens with one attached hydrogen (secondary N) is 3. The average Bonchev–Trinajstić information content (AvgIpc) is 3.44. The van der Waals surface area contributed by atoms with Gasteiger partial charge in [-0.05, 0) is 30.3 Å². The van der Waals surface area contributed by atoms with Gasteiger partial charge in [-0.15, -0.1) is 0 Å². The fraction of sp³-hybridized carbons (Fsp3) is 0.120. The van der Waals surface area contributed by atoms with Gasteiger partial charge in [0, 0.05) is 42.0 Å². The number of nitrogens with zero attached hydrogens (tertiary/aromatic N) is 3. The molecule has 11 heteroatoms. The quantitative estimate of drug-likeness (QED) is 0.327. The number of methoxy groups -OCH3 is 2. The monoisotopic (exact) mass is 504 g/mol. The summed E-state index contributed by atoms with van der Waals surface area (Å²) in [4.78, 5) is 11.2. The van der Waals surface area contributed by atoms with Gasteiger partial charge < -0.3 is 25.0 Å². The zero-order valence-electron chi connectivity index (χ0n) is 19.6. The molecule has 184 valence electrons. The maximum atomic E-state index is 13.4. The Hall–Kier alpha value is -4.51. The predicted octanol–water partition coefficient (Wildman–Crippen LogP) is 4.03. The van der Waals surface area contributed by atoms with Crippen molar-refractivity contribution in [2.24, 2.45) is 0 Å². The summed E-state index contributed by atoms with van der Waals surface area (Å²) in [5, 5.41) is 6.23. The molecule has 5 rings (SSSR count). The van der Waals surface area contributed by atoms with Gasteiger partial charge in [0.25, 0.3) is 10.0 Å². The Bertz CT molecular complexity index is 1540. The molecule has 0 unspecified atom stereocenters. The van der Waals surface area contributed by atoms with Crippen LogP contribution in [0.1, 0.15) is 0 Å². The number of rotatable bonds is 8. The highest BCUT2D eigenvalue weighted by molar-refractivity contribution is 7.92. The Morgan fingerprint density at radius 1 is 0.889 bits per heavy atom. The van der Waals surface area contributed by atoms with Crippen molar-refractivity contribution < 1.29 is 17.9 Å². The van der Waals surface area contributed by atoms with Crippen molar-refractivity contribution in [2.45, 2.75) is 4.90 Å². The van der Waals surface area contributed by atoms with Crippen molar-refractivity contribution in [2.75, 3.05) is 35.8 Å². The third-order valence-corrected chi connectivity index (χ3v) is 6.85. The number of ether oxygens (including phenoxy) is 2. The number of benzene rings is 3. The van der Waals surface area contributed by atoms with Crippen LogP contribution in [0.15, 0.2) is 84.0 Å². The number of sulfonamides is 1. The number of para-hydroxylation sites is 2. The third-order valence-electron chi connectivity index (χ3n) is 5.51. The van der Waals surface area contributed by atoms with E-state index >= 15 is 0 Å². The molecular weight excluding hydrogens is 480 g/mol. The van der Waals surface area contributed by atoms with Crippen LogP contribution >= 0.6 is 0 Å². The molecule has 0 atom stereocenters. The first-order chi connectivity index (χ1) is 17.4. The zero-order valence-corrected chi connectivity index (χ0v) is 20.4. The number of hydrogen-bond donors (Lipinski definition) is 3. The van der Waals surface area contributed by atoms with E-state index in [-0.39, 0.29) is 16.5 Å². The van der Waals surface area contributed by atoms with Gasteiger partial charge in [-0.3, -0.25) is 4.72 Å². The van der Waals surface area contributed by atoms with Crippen molar-refractivity contribution in [3.63, 3.8) is 0 Å². The van der Waals surface area contributed by atoms with Gasteiger partial charge in [-0.25, -0.2) is 18.4 Å². The Labute approximate surface area is 208 Å². The van der Waals surface area contributed by atoms with Crippen LogP contribution in [0.5, 0.6) is 11.5 Å². The first-order valence-corrected chi connectivity index (χ1v) is 12.5. The Morgan fingerprint density at radius 3 is 2.22 bits per heavy atom.